The molecule has 1 aliphatic heterocycles. The average molecular weight is 881 g/mol. The highest BCUT2D eigenvalue weighted by atomic mass is 35.5. The van der Waals surface area contributed by atoms with Gasteiger partial charge in [0.05, 0.1) is 76.0 Å². The van der Waals surface area contributed by atoms with E-state index in [0.717, 1.165) is 21.9 Å². The molecular weight excluding hydrogens is 837 g/mol. The second-order valence-corrected chi connectivity index (χ2v) is 15.8. The Bertz CT molecular complexity index is 2120. The van der Waals surface area contributed by atoms with Gasteiger partial charge in [-0.1, -0.05) is 29.8 Å². The fourth-order valence-electron chi connectivity index (χ4n) is 6.53. The largest absolute Gasteiger partial charge is 0.394 e. The van der Waals surface area contributed by atoms with Gasteiger partial charge in [0.25, 0.3) is 11.8 Å². The third kappa shape index (κ3) is 12.4. The van der Waals surface area contributed by atoms with E-state index < -0.39 is 81.0 Å². The predicted octanol–water partition coefficient (Wildman–Crippen LogP) is 3.27. The number of halogens is 4. The third-order valence-corrected chi connectivity index (χ3v) is 11.1. The van der Waals surface area contributed by atoms with Gasteiger partial charge < -0.3 is 29.4 Å². The summed E-state index contributed by atoms with van der Waals surface area (Å²) >= 11 is 6.60. The number of aromatic nitrogens is 1. The Morgan fingerprint density at radius 3 is 2.28 bits per heavy atom. The summed E-state index contributed by atoms with van der Waals surface area (Å²) in [5, 5.41) is 20.7. The van der Waals surface area contributed by atoms with Gasteiger partial charge in [-0.05, 0) is 42.8 Å². The van der Waals surface area contributed by atoms with Crippen LogP contribution in [0.2, 0.25) is 5.02 Å². The van der Waals surface area contributed by atoms with Gasteiger partial charge in [-0.15, -0.1) is 0 Å². The first-order chi connectivity index (χ1) is 28.7. The fourth-order valence-corrected chi connectivity index (χ4v) is 7.83. The van der Waals surface area contributed by atoms with Crippen LogP contribution in [0.25, 0.3) is 0 Å². The molecule has 1 saturated heterocycles. The highest BCUT2D eigenvalue weighted by Gasteiger charge is 2.49. The van der Waals surface area contributed by atoms with Crippen molar-refractivity contribution < 1.29 is 60.0 Å². The molecule has 0 radical (unpaired) electrons. The van der Waals surface area contributed by atoms with Crippen molar-refractivity contribution >= 4 is 50.9 Å². The number of ether oxygens (including phenoxy) is 4. The van der Waals surface area contributed by atoms with Crippen LogP contribution in [0, 0.1) is 17.1 Å². The lowest BCUT2D eigenvalue weighted by Crippen LogP contribution is -2.56. The molecule has 1 aliphatic carbocycles. The number of hydrogen-bond donors (Lipinski definition) is 3. The first-order valence-electron chi connectivity index (χ1n) is 18.9. The van der Waals surface area contributed by atoms with Gasteiger partial charge in [-0.2, -0.15) is 5.26 Å². The van der Waals surface area contributed by atoms with Crippen molar-refractivity contribution in [2.75, 3.05) is 75.8 Å². The summed E-state index contributed by atoms with van der Waals surface area (Å²) < 4.78 is 94.1. The van der Waals surface area contributed by atoms with E-state index in [4.69, 9.17) is 35.7 Å². The molecular formula is C39H44ClF3N6O10S. The highest BCUT2D eigenvalue weighted by Crippen LogP contribution is 2.40. The summed E-state index contributed by atoms with van der Waals surface area (Å²) in [6.45, 7) is 1.33. The summed E-state index contributed by atoms with van der Waals surface area (Å²) in [5.74, 6) is -6.75. The molecule has 21 heteroatoms. The molecule has 1 unspecified atom stereocenters. The summed E-state index contributed by atoms with van der Waals surface area (Å²) in [7, 11) is -4.51. The molecule has 1 aromatic heterocycles. The van der Waals surface area contributed by atoms with Crippen LogP contribution in [0.15, 0.2) is 65.7 Å². The molecule has 2 heterocycles. The van der Waals surface area contributed by atoms with Crippen molar-refractivity contribution in [2.45, 2.75) is 54.6 Å². The van der Waals surface area contributed by atoms with Crippen LogP contribution in [0.5, 0.6) is 0 Å². The number of pyridine rings is 1. The van der Waals surface area contributed by atoms with Gasteiger partial charge in [0.15, 0.2) is 0 Å². The van der Waals surface area contributed by atoms with Crippen LogP contribution >= 0.6 is 11.6 Å². The van der Waals surface area contributed by atoms with Gasteiger partial charge in [-0.3, -0.25) is 24.2 Å². The number of amides is 3. The van der Waals surface area contributed by atoms with Crippen molar-refractivity contribution in [2.24, 2.45) is 0 Å². The Morgan fingerprint density at radius 1 is 1.00 bits per heavy atom. The number of nitrogens with one attached hydrogen (secondary N) is 2. The number of benzene rings is 2. The lowest BCUT2D eigenvalue weighted by Gasteiger charge is -2.39. The molecule has 324 valence electrons. The number of hydrogen-bond acceptors (Lipinski definition) is 12. The number of carbonyl (C=O) groups excluding carboxylic acids is 3. The number of sulfonamides is 1. The van der Waals surface area contributed by atoms with Crippen molar-refractivity contribution in [3.05, 3.63) is 82.8 Å². The second-order valence-electron chi connectivity index (χ2n) is 13.7. The van der Waals surface area contributed by atoms with Crippen LogP contribution in [-0.2, 0) is 43.4 Å². The van der Waals surface area contributed by atoms with Crippen LogP contribution in [0.3, 0.4) is 0 Å². The minimum Gasteiger partial charge on any atom is -0.394 e. The van der Waals surface area contributed by atoms with Crippen LogP contribution in [0.1, 0.15) is 42.9 Å². The molecule has 0 bridgehead atoms. The number of aliphatic hydroxyl groups excluding tert-OH is 1. The molecule has 2 aromatic carbocycles. The van der Waals surface area contributed by atoms with Gasteiger partial charge in [0, 0.05) is 54.3 Å². The van der Waals surface area contributed by atoms with Crippen molar-refractivity contribution in [1.29, 1.82) is 5.26 Å². The Morgan fingerprint density at radius 2 is 1.65 bits per heavy atom. The lowest BCUT2D eigenvalue weighted by atomic mass is 9.87. The molecule has 2 fully saturated rings. The normalized spacial score (nSPS) is 16.9. The molecule has 5 rings (SSSR count). The molecule has 3 N–H and O–H groups in total. The topological polar surface area (TPSA) is 210 Å². The van der Waals surface area contributed by atoms with Gasteiger partial charge >= 0.3 is 0 Å². The number of nitriles is 1. The maximum absolute atomic E-state index is 15.7. The highest BCUT2D eigenvalue weighted by molar-refractivity contribution is 7.89. The first-order valence-corrected chi connectivity index (χ1v) is 20.8. The van der Waals surface area contributed by atoms with E-state index in [-0.39, 0.29) is 81.0 Å². The van der Waals surface area contributed by atoms with Crippen LogP contribution in [0.4, 0.5) is 24.7 Å². The zero-order valence-electron chi connectivity index (χ0n) is 32.2. The number of nitrogens with zero attached hydrogens (tertiary/aromatic N) is 4. The van der Waals surface area contributed by atoms with E-state index in [1.54, 1.807) is 0 Å². The molecule has 3 amide bonds. The van der Waals surface area contributed by atoms with Crippen LogP contribution < -0.4 is 19.8 Å². The Hall–Kier alpha value is -4.72. The smallest absolute Gasteiger partial charge is 0.252 e. The molecule has 2 aliphatic rings. The minimum atomic E-state index is -4.51. The second kappa shape index (κ2) is 21.7. The summed E-state index contributed by atoms with van der Waals surface area (Å²) in [6.07, 6.45) is -0.392. The van der Waals surface area contributed by atoms with Gasteiger partial charge in [-0.25, -0.2) is 31.3 Å². The van der Waals surface area contributed by atoms with E-state index in [2.05, 4.69) is 15.0 Å². The zero-order valence-corrected chi connectivity index (χ0v) is 33.8. The van der Waals surface area contributed by atoms with Crippen molar-refractivity contribution in [3.63, 3.8) is 0 Å². The maximum Gasteiger partial charge on any atom is 0.252 e. The number of alkyl halides is 2. The number of rotatable bonds is 23. The third-order valence-electron chi connectivity index (χ3n) is 9.33. The SMILES string of the molecule is N#Cc1ccnc(N2C(=O)CC[C@H]2C(=O)N(c2cc(F)cc(S(=O)(=O)NCCOCCOCCOCCOCCO)c2)C(C(=O)NC2CC(F)(F)C2)c2ccccc2Cl)c1. The Balaban J connectivity index is 1.39. The summed E-state index contributed by atoms with van der Waals surface area (Å²) in [6, 6.07) is 8.74. The number of anilines is 2. The minimum absolute atomic E-state index is 0.0131. The Labute approximate surface area is 349 Å². The van der Waals surface area contributed by atoms with Crippen molar-refractivity contribution in [1.82, 2.24) is 15.0 Å². The summed E-state index contributed by atoms with van der Waals surface area (Å²) in [5.41, 5.74) is -0.327. The molecule has 2 atom stereocenters. The summed E-state index contributed by atoms with van der Waals surface area (Å²) in [4.78, 5) is 48.0. The molecule has 60 heavy (non-hydrogen) atoms. The lowest BCUT2D eigenvalue weighted by molar-refractivity contribution is -0.133. The standard InChI is InChI=1S/C39H44ClF3N6O10S/c40-32-4-2-1-3-31(32)36(37(52)47-28-23-39(42,43)24-28)48(38(53)33-5-6-35(51)49(33)34-19-26(25-44)7-8-45-34)29-20-27(41)21-30(22-29)60(54,55)46-9-11-56-13-15-58-17-18-59-16-14-57-12-10-50/h1-4,7-8,19-22,28,33,36,46,50H,5-6,9-18,23-24H2,(H,47,52)/t33-,36?/m0/s1. The van der Waals surface area contributed by atoms with E-state index >= 15 is 4.39 Å². The fraction of sp³-hybridized carbons (Fsp3) is 0.462. The van der Waals surface area contributed by atoms with Gasteiger partial charge in [0.2, 0.25) is 21.8 Å². The number of carbonyl (C=O) groups is 3. The predicted molar refractivity (Wildman–Crippen MR) is 209 cm³/mol. The quantitative estimate of drug-likeness (QED) is 0.117. The zero-order chi connectivity index (χ0) is 43.3. The molecule has 1 saturated carbocycles. The monoisotopic (exact) mass is 880 g/mol. The number of aliphatic hydroxyl groups is 1. The molecule has 16 nitrogen and oxygen atoms in total. The molecule has 0 spiro atoms. The maximum atomic E-state index is 15.7. The van der Waals surface area contributed by atoms with Crippen LogP contribution in [-0.4, -0.2) is 120 Å². The van der Waals surface area contributed by atoms with E-state index in [1.807, 2.05) is 6.07 Å². The van der Waals surface area contributed by atoms with Crippen molar-refractivity contribution in [3.8, 4) is 6.07 Å². The van der Waals surface area contributed by atoms with E-state index in [9.17, 15) is 36.8 Å². The van der Waals surface area contributed by atoms with E-state index in [1.165, 1.54) is 42.6 Å². The van der Waals surface area contributed by atoms with Gasteiger partial charge in [0.1, 0.15) is 23.7 Å². The Kier molecular flexibility index (Phi) is 16.8. The molecule has 3 aromatic rings. The average Bonchev–Trinajstić information content (AvgIpc) is 3.60. The first kappa shape index (κ1) is 46.3. The van der Waals surface area contributed by atoms with E-state index in [0.29, 0.717) is 25.9 Å².